The molecule has 11 amide bonds. The van der Waals surface area contributed by atoms with Crippen LogP contribution >= 0.6 is 0 Å². The first-order valence-electron chi connectivity index (χ1n) is 34.6. The van der Waals surface area contributed by atoms with Crippen molar-refractivity contribution in [1.82, 2.24) is 68.0 Å². The molecule has 48 heteroatoms. The van der Waals surface area contributed by atoms with Crippen molar-refractivity contribution in [3.05, 3.63) is 18.2 Å². The molecule has 110 heavy (non-hydrogen) atoms. The second-order valence-electron chi connectivity index (χ2n) is 26.5. The number of hydrogen-bond donors (Lipinski definition) is 27. The van der Waals surface area contributed by atoms with Crippen LogP contribution in [0, 0.1) is 0 Å². The average molecular weight is 1590 g/mol. The fourth-order valence-electron chi connectivity index (χ4n) is 11.9. The lowest BCUT2D eigenvalue weighted by Gasteiger charge is -2.48. The first kappa shape index (κ1) is 92.1. The van der Waals surface area contributed by atoms with Gasteiger partial charge >= 0.3 is 11.9 Å². The number of hydrogen-bond acceptors (Lipinski definition) is 34. The minimum absolute atomic E-state index is 0.0696. The van der Waals surface area contributed by atoms with E-state index in [1.807, 2.05) is 0 Å². The summed E-state index contributed by atoms with van der Waals surface area (Å²) < 4.78 is 35.6. The number of H-pyrrole nitrogens is 1. The standard InChI is InChI=1S/C62H100N14O34/c1-21(81)38(63)56(101)69-28(9-10-36(86)87)51(96)75-41(24(4)106-61-43(68-26(6)85)50(110-62-49(95)48(94)45(91)34(18-80)108-62)46(92)35(109-61)19-105-60-42(67-25(5)84)47(93)44(90)33(17-79)107-60)58(103)73-39(22(2)82)57(102)72-30(15-77)53(98)70-29(12-27-13-64-20-66-27)52(97)71-31(16-78)54(99)74-40(23(3)83)59(104)76-11-7-8-32(76)55(100)65-14-37(88)89/h13,20-24,28-35,38-50,60-62,77-83,90-95H,7-12,14-19,63H2,1-6H3,(H,64,66)(H,65,100)(H,67,84)(H,68,85)(H,69,101)(H,70,98)(H,71,97)(H,72,102)(H,73,103)(H,74,99)(H,75,96)(H,86,87)(H,88,89)/t21-,22-,23-,24-,28+,29+,30+,31+,32+,33-,34-,35-,38+,39-,40+,41+,42-,43-,44-,45+,46+,47-,48+,49-,50-,60-,61+,62+/m1/s1. The van der Waals surface area contributed by atoms with Crippen molar-refractivity contribution in [1.29, 1.82) is 0 Å². The van der Waals surface area contributed by atoms with Crippen LogP contribution in [-0.2, 0) is 97.2 Å². The van der Waals surface area contributed by atoms with Gasteiger partial charge in [-0.05, 0) is 47.0 Å². The highest BCUT2D eigenvalue weighted by Crippen LogP contribution is 2.33. The lowest BCUT2D eigenvalue weighted by atomic mass is 9.94. The van der Waals surface area contributed by atoms with Crippen LogP contribution in [0.15, 0.2) is 12.5 Å². The van der Waals surface area contributed by atoms with E-state index in [0.29, 0.717) is 0 Å². The highest BCUT2D eigenvalue weighted by atomic mass is 16.7. The Kier molecular flexibility index (Phi) is 35.8. The van der Waals surface area contributed by atoms with Crippen LogP contribution in [0.4, 0.5) is 0 Å². The predicted octanol–water partition coefficient (Wildman–Crippen LogP) is -16.0. The molecule has 4 fully saturated rings. The van der Waals surface area contributed by atoms with Crippen molar-refractivity contribution in [2.45, 2.75) is 244 Å². The largest absolute Gasteiger partial charge is 0.481 e. The Bertz CT molecular complexity index is 3290. The van der Waals surface area contributed by atoms with Crippen LogP contribution in [0.2, 0.25) is 0 Å². The number of nitrogens with zero attached hydrogens (tertiary/aromatic N) is 2. The molecular weight excluding hydrogens is 1480 g/mol. The summed E-state index contributed by atoms with van der Waals surface area (Å²) in [5.41, 5.74) is 5.93. The molecule has 5 heterocycles. The number of likely N-dealkylation sites (tertiary alicyclic amines) is 1. The van der Waals surface area contributed by atoms with Gasteiger partial charge in [0, 0.05) is 45.1 Å². The van der Waals surface area contributed by atoms with Crippen molar-refractivity contribution in [3.8, 4) is 0 Å². The van der Waals surface area contributed by atoms with Gasteiger partial charge in [0.05, 0.1) is 63.8 Å². The summed E-state index contributed by atoms with van der Waals surface area (Å²) >= 11 is 0. The van der Waals surface area contributed by atoms with Crippen molar-refractivity contribution in [3.63, 3.8) is 0 Å². The van der Waals surface area contributed by atoms with E-state index in [4.69, 9.17) is 39.3 Å². The molecule has 5 rings (SSSR count). The summed E-state index contributed by atoms with van der Waals surface area (Å²) in [6.07, 6.45) is -32.9. The monoisotopic (exact) mass is 1580 g/mol. The highest BCUT2D eigenvalue weighted by Gasteiger charge is 2.54. The van der Waals surface area contributed by atoms with Gasteiger partial charge in [0.25, 0.3) is 0 Å². The van der Waals surface area contributed by atoms with Gasteiger partial charge in [-0.15, -0.1) is 0 Å². The van der Waals surface area contributed by atoms with E-state index < -0.39 is 307 Å². The van der Waals surface area contributed by atoms with Crippen LogP contribution < -0.4 is 58.9 Å². The van der Waals surface area contributed by atoms with Gasteiger partial charge in [-0.25, -0.2) is 4.98 Å². The second-order valence-corrected chi connectivity index (χ2v) is 26.5. The molecule has 622 valence electrons. The number of carbonyl (C=O) groups is 13. The first-order chi connectivity index (χ1) is 51.7. The van der Waals surface area contributed by atoms with Crippen LogP contribution in [0.3, 0.4) is 0 Å². The Balaban J connectivity index is 1.51. The molecule has 0 aliphatic carbocycles. The van der Waals surface area contributed by atoms with Gasteiger partial charge < -0.3 is 174 Å². The second kappa shape index (κ2) is 42.8. The van der Waals surface area contributed by atoms with Gasteiger partial charge in [0.1, 0.15) is 134 Å². The molecule has 0 bridgehead atoms. The normalized spacial score (nSPS) is 28.7. The maximum absolute atomic E-state index is 15.1. The van der Waals surface area contributed by atoms with E-state index in [9.17, 15) is 129 Å². The number of amides is 11. The Morgan fingerprint density at radius 3 is 1.64 bits per heavy atom. The number of aliphatic carboxylic acids is 2. The van der Waals surface area contributed by atoms with E-state index in [-0.39, 0.29) is 25.1 Å². The minimum atomic E-state index is -2.39. The quantitative estimate of drug-likeness (QED) is 0.0290. The third-order valence-electron chi connectivity index (χ3n) is 18.0. The molecule has 28 atom stereocenters. The summed E-state index contributed by atoms with van der Waals surface area (Å²) in [7, 11) is 0. The Morgan fingerprint density at radius 2 is 1.09 bits per heavy atom. The lowest BCUT2D eigenvalue weighted by molar-refractivity contribution is -0.352. The van der Waals surface area contributed by atoms with E-state index in [1.165, 1.54) is 6.20 Å². The molecule has 4 aliphatic heterocycles. The molecule has 4 saturated heterocycles. The molecule has 0 radical (unpaired) electrons. The van der Waals surface area contributed by atoms with Crippen LogP contribution in [0.5, 0.6) is 0 Å². The number of carboxylic acid groups (broad SMARTS) is 2. The van der Waals surface area contributed by atoms with Gasteiger partial charge in [0.15, 0.2) is 18.9 Å². The summed E-state index contributed by atoms with van der Waals surface area (Å²) in [5, 5.41) is 180. The number of rotatable bonds is 40. The molecule has 0 unspecified atom stereocenters. The third kappa shape index (κ3) is 25.3. The van der Waals surface area contributed by atoms with E-state index in [1.54, 1.807) is 0 Å². The van der Waals surface area contributed by atoms with E-state index >= 15 is 4.79 Å². The maximum Gasteiger partial charge on any atom is 0.322 e. The van der Waals surface area contributed by atoms with Gasteiger partial charge in [-0.1, -0.05) is 0 Å². The Labute approximate surface area is 625 Å². The fraction of sp³-hybridized carbons (Fsp3) is 0.742. The Hall–Kier alpha value is -8.48. The number of carbonyl (C=O) groups excluding carboxylic acids is 11. The van der Waals surface area contributed by atoms with Crippen LogP contribution in [0.1, 0.15) is 72.9 Å². The molecule has 28 N–H and O–H groups in total. The van der Waals surface area contributed by atoms with Crippen LogP contribution in [0.25, 0.3) is 0 Å². The van der Waals surface area contributed by atoms with E-state index in [0.717, 1.165) is 52.8 Å². The average Bonchev–Trinajstić information content (AvgIpc) is 0.938. The fourth-order valence-corrected chi connectivity index (χ4v) is 11.9. The summed E-state index contributed by atoms with van der Waals surface area (Å²) in [6, 6.07) is -21.2. The highest BCUT2D eigenvalue weighted by molar-refractivity contribution is 5.99. The molecule has 0 aromatic carbocycles. The molecule has 1 aromatic heterocycles. The number of ether oxygens (including phenoxy) is 6. The number of carboxylic acids is 2. The number of nitrogens with one attached hydrogen (secondary N) is 11. The van der Waals surface area contributed by atoms with Crippen LogP contribution in [-0.4, -0.2) is 385 Å². The lowest BCUT2D eigenvalue weighted by Crippen LogP contribution is -2.69. The molecule has 1 aromatic rings. The van der Waals surface area contributed by atoms with Gasteiger partial charge in [-0.2, -0.15) is 0 Å². The number of aliphatic hydroxyl groups excluding tert-OH is 13. The molecule has 4 aliphatic rings. The van der Waals surface area contributed by atoms with E-state index in [2.05, 4.69) is 63.1 Å². The summed E-state index contributed by atoms with van der Waals surface area (Å²) in [6.45, 7) is -0.417. The topological polar surface area (TPSA) is 759 Å². The predicted molar refractivity (Wildman–Crippen MR) is 358 cm³/mol. The van der Waals surface area contributed by atoms with Gasteiger partial charge in [-0.3, -0.25) is 62.3 Å². The van der Waals surface area contributed by atoms with Gasteiger partial charge in [0.2, 0.25) is 65.0 Å². The first-order valence-corrected chi connectivity index (χ1v) is 34.6. The molecule has 48 nitrogen and oxygen atoms in total. The third-order valence-corrected chi connectivity index (χ3v) is 18.0. The molecular formula is C62H100N14O34. The number of nitrogens with two attached hydrogens (primary N) is 1. The zero-order chi connectivity index (χ0) is 82.5. The number of aromatic amines is 1. The SMILES string of the molecule is CC(=O)N[C@H]1[C@H](OC[C@H]2O[C@H](O[C@H](C)[C@H](NC(=O)[C@H](CCC(=O)O)NC(=O)[C@@H](N)[C@@H](C)O)C(=O)N[C@@H](C(=O)N[C@@H](CO)C(=O)N[C@@H](Cc3cnc[nH]3)C(=O)N[C@@H](CO)C(=O)N[C@H](C(=O)N3CCC[C@H]3C(=O)NCC(=O)O)[C@@H](C)O)[C@@H](C)O)[C@H](NC(C)=O)[C@@H](O[C@@H]3O[C@H](CO)[C@H](O)[C@H](O)[C@H]3O)[C@H]2O)O[C@H](CO)[C@@H](O)[C@@H]1O. The maximum atomic E-state index is 15.1. The van der Waals surface area contributed by atoms with Crippen molar-refractivity contribution >= 4 is 76.9 Å². The number of aliphatic hydroxyl groups is 13. The number of aromatic nitrogens is 2. The van der Waals surface area contributed by atoms with Crippen molar-refractivity contribution in [2.75, 3.05) is 46.1 Å². The molecule has 0 spiro atoms. The zero-order valence-electron chi connectivity index (χ0n) is 60.2. The summed E-state index contributed by atoms with van der Waals surface area (Å²) in [5.74, 6) is -16.5. The van der Waals surface area contributed by atoms with Crippen molar-refractivity contribution < 1.29 is 167 Å². The summed E-state index contributed by atoms with van der Waals surface area (Å²) in [4.78, 5) is 182. The van der Waals surface area contributed by atoms with Crippen molar-refractivity contribution in [2.24, 2.45) is 5.73 Å². The number of imidazole rings is 1. The smallest absolute Gasteiger partial charge is 0.322 e. The minimum Gasteiger partial charge on any atom is -0.481 e. The zero-order valence-corrected chi connectivity index (χ0v) is 60.2. The molecule has 0 saturated carbocycles. The Morgan fingerprint density at radius 1 is 0.582 bits per heavy atom.